The van der Waals surface area contributed by atoms with Crippen molar-refractivity contribution in [3.8, 4) is 0 Å². The predicted molar refractivity (Wildman–Crippen MR) is 63.3 cm³/mol. The zero-order chi connectivity index (χ0) is 11.3. The first-order valence-corrected chi connectivity index (χ1v) is 4.69. The van der Waals surface area contributed by atoms with Crippen LogP contribution in [0, 0.1) is 0 Å². The number of hydrogen-bond donors (Lipinski definition) is 2. The van der Waals surface area contributed by atoms with Crippen LogP contribution < -0.4 is 5.73 Å². The maximum atomic E-state index is 11.1. The van der Waals surface area contributed by atoms with E-state index >= 15 is 0 Å². The third-order valence-corrected chi connectivity index (χ3v) is 2.17. The van der Waals surface area contributed by atoms with Gasteiger partial charge in [0, 0.05) is 0 Å². The standard InChI is InChI=1S/C11H15NO3.ClH/c1-15-11(14)10(12)6-8-2-4-9(7-13)5-3-8;/h2-5,10,13H,6-7,12H2,1H3;1H/t10-;/m1./s1. The Morgan fingerprint density at radius 3 is 2.31 bits per heavy atom. The van der Waals surface area contributed by atoms with E-state index in [-0.39, 0.29) is 19.0 Å². The minimum atomic E-state index is -0.630. The highest BCUT2D eigenvalue weighted by atomic mass is 35.5. The molecule has 0 saturated carbocycles. The summed E-state index contributed by atoms with van der Waals surface area (Å²) in [5, 5.41) is 8.84. The van der Waals surface area contributed by atoms with Crippen LogP contribution in [-0.4, -0.2) is 24.2 Å². The van der Waals surface area contributed by atoms with Gasteiger partial charge in [0.2, 0.25) is 0 Å². The molecule has 0 fully saturated rings. The molecule has 0 amide bonds. The van der Waals surface area contributed by atoms with Gasteiger partial charge in [0.25, 0.3) is 0 Å². The molecule has 0 bridgehead atoms. The largest absolute Gasteiger partial charge is 0.468 e. The summed E-state index contributed by atoms with van der Waals surface area (Å²) in [7, 11) is 1.32. The summed E-state index contributed by atoms with van der Waals surface area (Å²) in [6, 6.07) is 6.66. The first-order chi connectivity index (χ1) is 7.17. The summed E-state index contributed by atoms with van der Waals surface area (Å²) in [6.45, 7) is 0.0172. The number of aliphatic hydroxyl groups excluding tert-OH is 1. The number of rotatable bonds is 4. The van der Waals surface area contributed by atoms with Gasteiger partial charge >= 0.3 is 5.97 Å². The molecular weight excluding hydrogens is 230 g/mol. The molecule has 16 heavy (non-hydrogen) atoms. The number of methoxy groups -OCH3 is 1. The van der Waals surface area contributed by atoms with Crippen molar-refractivity contribution < 1.29 is 14.6 Å². The Kier molecular flexibility index (Phi) is 6.72. The molecule has 0 radical (unpaired) electrons. The first kappa shape index (κ1) is 14.9. The highest BCUT2D eigenvalue weighted by molar-refractivity contribution is 5.85. The van der Waals surface area contributed by atoms with Crippen LogP contribution in [0.15, 0.2) is 24.3 Å². The quantitative estimate of drug-likeness (QED) is 0.764. The average molecular weight is 246 g/mol. The van der Waals surface area contributed by atoms with Crippen molar-refractivity contribution >= 4 is 18.4 Å². The number of carbonyl (C=O) groups is 1. The third-order valence-electron chi connectivity index (χ3n) is 2.17. The second-order valence-electron chi connectivity index (χ2n) is 3.31. The molecule has 0 heterocycles. The number of carbonyl (C=O) groups excluding carboxylic acids is 1. The summed E-state index contributed by atoms with van der Waals surface area (Å²) in [6.07, 6.45) is 0.443. The number of nitrogens with two attached hydrogens (primary N) is 1. The van der Waals surface area contributed by atoms with Crippen LogP contribution in [0.25, 0.3) is 0 Å². The van der Waals surface area contributed by atoms with Crippen molar-refractivity contribution in [1.29, 1.82) is 0 Å². The van der Waals surface area contributed by atoms with Gasteiger partial charge in [-0.1, -0.05) is 24.3 Å². The minimum absolute atomic E-state index is 0. The fourth-order valence-electron chi connectivity index (χ4n) is 1.27. The van der Waals surface area contributed by atoms with Crippen LogP contribution >= 0.6 is 12.4 Å². The molecule has 3 N–H and O–H groups in total. The lowest BCUT2D eigenvalue weighted by atomic mass is 10.1. The highest BCUT2D eigenvalue weighted by Crippen LogP contribution is 2.06. The summed E-state index contributed by atoms with van der Waals surface area (Å²) in [5.41, 5.74) is 7.39. The van der Waals surface area contributed by atoms with E-state index in [4.69, 9.17) is 10.8 Å². The molecular formula is C11H16ClNO3. The van der Waals surface area contributed by atoms with Gasteiger partial charge in [-0.2, -0.15) is 0 Å². The maximum Gasteiger partial charge on any atom is 0.322 e. The summed E-state index contributed by atoms with van der Waals surface area (Å²) in [4.78, 5) is 11.1. The summed E-state index contributed by atoms with van der Waals surface area (Å²) < 4.78 is 4.53. The molecule has 0 spiro atoms. The van der Waals surface area contributed by atoms with Crippen molar-refractivity contribution in [3.63, 3.8) is 0 Å². The number of esters is 1. The molecule has 0 aliphatic carbocycles. The van der Waals surface area contributed by atoms with E-state index in [0.29, 0.717) is 6.42 Å². The van der Waals surface area contributed by atoms with Gasteiger partial charge in [-0.05, 0) is 17.5 Å². The fraction of sp³-hybridized carbons (Fsp3) is 0.364. The van der Waals surface area contributed by atoms with Crippen LogP contribution in [-0.2, 0) is 22.6 Å². The Hall–Kier alpha value is -1.10. The molecule has 0 aliphatic heterocycles. The van der Waals surface area contributed by atoms with Crippen molar-refractivity contribution in [2.45, 2.75) is 19.1 Å². The predicted octanol–water partition coefficient (Wildman–Crippen LogP) is 0.643. The molecule has 0 aliphatic rings. The molecule has 0 unspecified atom stereocenters. The van der Waals surface area contributed by atoms with Crippen LogP contribution in [0.5, 0.6) is 0 Å². The van der Waals surface area contributed by atoms with Crippen molar-refractivity contribution in [3.05, 3.63) is 35.4 Å². The number of benzene rings is 1. The third kappa shape index (κ3) is 4.18. The highest BCUT2D eigenvalue weighted by Gasteiger charge is 2.13. The van der Waals surface area contributed by atoms with E-state index in [9.17, 15) is 4.79 Å². The molecule has 90 valence electrons. The Morgan fingerprint density at radius 2 is 1.88 bits per heavy atom. The Morgan fingerprint density at radius 1 is 1.38 bits per heavy atom. The molecule has 0 aromatic heterocycles. The topological polar surface area (TPSA) is 72.5 Å². The molecule has 1 rings (SSSR count). The second-order valence-corrected chi connectivity index (χ2v) is 3.31. The van der Waals surface area contributed by atoms with Crippen LogP contribution in [0.4, 0.5) is 0 Å². The average Bonchev–Trinajstić information content (AvgIpc) is 2.29. The number of ether oxygens (including phenoxy) is 1. The van der Waals surface area contributed by atoms with Crippen LogP contribution in [0.3, 0.4) is 0 Å². The van der Waals surface area contributed by atoms with Crippen molar-refractivity contribution in [1.82, 2.24) is 0 Å². The van der Waals surface area contributed by atoms with Gasteiger partial charge in [0.1, 0.15) is 6.04 Å². The van der Waals surface area contributed by atoms with E-state index < -0.39 is 12.0 Å². The second kappa shape index (κ2) is 7.22. The van der Waals surface area contributed by atoms with Gasteiger partial charge in [0.05, 0.1) is 13.7 Å². The van der Waals surface area contributed by atoms with Crippen LogP contribution in [0.2, 0.25) is 0 Å². The van der Waals surface area contributed by atoms with Gasteiger partial charge in [-0.15, -0.1) is 12.4 Å². The van der Waals surface area contributed by atoms with E-state index in [1.807, 2.05) is 12.1 Å². The monoisotopic (exact) mass is 245 g/mol. The SMILES string of the molecule is COC(=O)[C@H](N)Cc1ccc(CO)cc1.Cl. The normalized spacial score (nSPS) is 11.4. The first-order valence-electron chi connectivity index (χ1n) is 4.69. The molecule has 1 aromatic rings. The van der Waals surface area contributed by atoms with E-state index in [1.165, 1.54) is 7.11 Å². The van der Waals surface area contributed by atoms with Crippen LogP contribution in [0.1, 0.15) is 11.1 Å². The molecule has 1 aromatic carbocycles. The fourth-order valence-corrected chi connectivity index (χ4v) is 1.27. The molecule has 5 heteroatoms. The minimum Gasteiger partial charge on any atom is -0.468 e. The molecule has 0 saturated heterocycles. The van der Waals surface area contributed by atoms with Crippen molar-refractivity contribution in [2.24, 2.45) is 5.73 Å². The molecule has 4 nitrogen and oxygen atoms in total. The van der Waals surface area contributed by atoms with Gasteiger partial charge in [-0.25, -0.2) is 0 Å². The van der Waals surface area contributed by atoms with Crippen molar-refractivity contribution in [2.75, 3.05) is 7.11 Å². The van der Waals surface area contributed by atoms with Gasteiger partial charge in [0.15, 0.2) is 0 Å². The lowest BCUT2D eigenvalue weighted by Crippen LogP contribution is -2.33. The zero-order valence-electron chi connectivity index (χ0n) is 9.05. The Labute approximate surface area is 101 Å². The van der Waals surface area contributed by atoms with Gasteiger partial charge < -0.3 is 15.6 Å². The van der Waals surface area contributed by atoms with E-state index in [2.05, 4.69) is 4.74 Å². The lowest BCUT2D eigenvalue weighted by Gasteiger charge is -2.09. The summed E-state index contributed by atoms with van der Waals surface area (Å²) in [5.74, 6) is -0.416. The Bertz CT molecular complexity index is 327. The maximum absolute atomic E-state index is 11.1. The number of aliphatic hydroxyl groups is 1. The van der Waals surface area contributed by atoms with E-state index in [1.54, 1.807) is 12.1 Å². The Balaban J connectivity index is 0.00000225. The summed E-state index contributed by atoms with van der Waals surface area (Å²) >= 11 is 0. The van der Waals surface area contributed by atoms with Gasteiger partial charge in [-0.3, -0.25) is 4.79 Å². The number of hydrogen-bond acceptors (Lipinski definition) is 4. The lowest BCUT2D eigenvalue weighted by molar-refractivity contribution is -0.142. The zero-order valence-corrected chi connectivity index (χ0v) is 9.87. The number of halogens is 1. The van der Waals surface area contributed by atoms with E-state index in [0.717, 1.165) is 11.1 Å². The molecule has 1 atom stereocenters. The smallest absolute Gasteiger partial charge is 0.322 e.